The van der Waals surface area contributed by atoms with E-state index >= 15 is 0 Å². The SMILES string of the molecule is CC(=O)c1cnc(N(C(=O)OC(C)(C)C)C(=O)OC(C)(C)C)nc1.O=S(Cl)Cl.[2H]C(C)(Cl)c1cnc(NC(=O)OC(C)(C)C)nc1.[2H]C(C)(O)c1cnc(N(C(=O)OC(C)(C)C)C(=O)OC(C)(C)C)nc1.[2H]OC.[2H][B-]([2H])([2H])[2H].[B][B]B([B])[B].[Na+]. The molecule has 7 radical (unpaired) electrons. The molecular weight excluding hydrogens is 1100 g/mol. The molecule has 0 aliphatic rings. The molecule has 3 rings (SSSR count). The molecule has 2 unspecified atom stereocenters. The molecule has 0 spiro atoms. The van der Waals surface area contributed by atoms with E-state index in [0.29, 0.717) is 15.4 Å². The second-order valence-electron chi connectivity index (χ2n) is 19.7. The average molecular weight is 1180 g/mol. The minimum Gasteiger partial charge on any atom is -0.444 e. The van der Waals surface area contributed by atoms with Crippen LogP contribution in [0, 0.1) is 0 Å². The second kappa shape index (κ2) is 38.6. The third-order valence-corrected chi connectivity index (χ3v) is 6.91. The van der Waals surface area contributed by atoms with Crippen molar-refractivity contribution in [2.75, 3.05) is 22.2 Å². The number of aromatic nitrogens is 6. The smallest absolute Gasteiger partial charge is 0.444 e. The number of halogens is 3. The number of nitrogens with zero attached hydrogens (tertiary/aromatic N) is 8. The Morgan fingerprint density at radius 2 is 0.949 bits per heavy atom. The molecule has 0 bridgehead atoms. The average Bonchev–Trinajstić information content (AvgIpc) is 3.23. The van der Waals surface area contributed by atoms with Crippen LogP contribution < -0.4 is 44.7 Å². The zero-order valence-electron chi connectivity index (χ0n) is 54.8. The zero-order chi connectivity index (χ0) is 67.4. The Kier molecular flexibility index (Phi) is 33.8. The van der Waals surface area contributed by atoms with Gasteiger partial charge in [-0.3, -0.25) is 10.1 Å². The van der Waals surface area contributed by atoms with Crippen LogP contribution >= 0.6 is 33.0 Å². The number of Topliss-reactive ketones (excluding diaryl/α,β-unsaturated/α-hetero) is 1. The Bertz CT molecular complexity index is 2470. The van der Waals surface area contributed by atoms with Crippen LogP contribution in [-0.4, -0.2) is 167 Å². The van der Waals surface area contributed by atoms with Crippen LogP contribution in [0.4, 0.5) is 41.8 Å². The van der Waals surface area contributed by atoms with E-state index < -0.39 is 93.8 Å². The van der Waals surface area contributed by atoms with Crippen LogP contribution in [0.25, 0.3) is 0 Å². The van der Waals surface area contributed by atoms with Crippen molar-refractivity contribution < 1.29 is 99.2 Å². The number of alkyl halides is 1. The number of nitrogens with one attached hydrogen (secondary N) is 1. The first-order valence-electron chi connectivity index (χ1n) is 25.8. The molecular formula is C44H72B6Cl3N9NaO14S. The molecule has 0 fully saturated rings. The van der Waals surface area contributed by atoms with Gasteiger partial charge in [0.25, 0.3) is 0 Å². The van der Waals surface area contributed by atoms with E-state index in [4.69, 9.17) is 72.2 Å². The van der Waals surface area contributed by atoms with Gasteiger partial charge < -0.3 is 33.9 Å². The minimum atomic E-state index is -3.00. The Labute approximate surface area is 514 Å². The number of carbonyl (C=O) groups is 6. The third kappa shape index (κ3) is 42.0. The van der Waals surface area contributed by atoms with E-state index in [-0.39, 0.29) is 64.3 Å². The summed E-state index contributed by atoms with van der Waals surface area (Å²) in [5, 5.41) is 14.2. The van der Waals surface area contributed by atoms with Gasteiger partial charge in [-0.25, -0.2) is 63.4 Å². The van der Waals surface area contributed by atoms with Gasteiger partial charge in [0.2, 0.25) is 28.5 Å². The second-order valence-corrected chi connectivity index (χ2v) is 22.8. The third-order valence-electron chi connectivity index (χ3n) is 6.69. The molecule has 0 aliphatic heterocycles. The summed E-state index contributed by atoms with van der Waals surface area (Å²) in [6.07, 6.45) is 0.622. The monoisotopic (exact) mass is 1180 g/mol. The number of aliphatic hydroxyl groups is 2. The summed E-state index contributed by atoms with van der Waals surface area (Å²) in [5.41, 5.74) is -3.12. The Hall–Kier alpha value is -4.01. The Morgan fingerprint density at radius 3 is 1.17 bits per heavy atom. The fraction of sp³-hybridized carbons (Fsp3) is 0.591. The fourth-order valence-electron chi connectivity index (χ4n) is 3.91. The number of rotatable bonds is 7. The van der Waals surface area contributed by atoms with Crippen LogP contribution in [0.5, 0.6) is 0 Å². The molecule has 2 atom stereocenters. The van der Waals surface area contributed by atoms with Gasteiger partial charge in [0.15, 0.2) is 5.78 Å². The standard InChI is InChI=1S/C16H25N3O5.C16H23N3O5.C11H16ClN3O2.CH4O.B5.BH4.Cl2OS.Na/c2*1-10(20)11-8-17-12(18-9-11)19(13(21)23-15(2,3)4)14(22)24-16(5,6)7;1-7(12)8-5-13-9(14-6-8)15-10(16)17-11(2,3)4;1-2;1-4-5(2)3;;1-4(2)3;/h8-10,20H,1-7H3;8-9H,1-7H3;5-7H,1-4H3,(H,13,14,15,16);2H,1H3;;1H4;;/q;;;;;-1;;+1/i10D;;7D;2D;;1D4;;. The molecule has 3 aromatic rings. The van der Waals surface area contributed by atoms with E-state index in [9.17, 15) is 33.9 Å². The van der Waals surface area contributed by atoms with Gasteiger partial charge in [-0.15, -0.1) is 21.4 Å². The van der Waals surface area contributed by atoms with Crippen LogP contribution in [0.1, 0.15) is 160 Å². The number of amides is 5. The first-order chi connectivity index (χ1) is 37.4. The number of imide groups is 2. The van der Waals surface area contributed by atoms with Crippen molar-refractivity contribution in [3.63, 3.8) is 0 Å². The normalized spacial score (nSPS) is 13.6. The zero-order valence-corrected chi connectivity index (χ0v) is 52.9. The van der Waals surface area contributed by atoms with Gasteiger partial charge in [-0.1, -0.05) is 8.27 Å². The van der Waals surface area contributed by atoms with Gasteiger partial charge in [0, 0.05) is 113 Å². The predicted molar refractivity (Wildman–Crippen MR) is 309 cm³/mol. The van der Waals surface area contributed by atoms with Crippen molar-refractivity contribution in [3.05, 3.63) is 53.9 Å². The molecule has 3 heterocycles. The fourth-order valence-corrected chi connectivity index (χ4v) is 4.01. The van der Waals surface area contributed by atoms with Crippen molar-refractivity contribution in [2.45, 2.75) is 164 Å². The van der Waals surface area contributed by atoms with Gasteiger partial charge in [-0.05, 0) is 125 Å². The van der Waals surface area contributed by atoms with Gasteiger partial charge in [0.1, 0.15) is 28.0 Å². The number of ether oxygens (including phenoxy) is 5. The maximum Gasteiger partial charge on any atom is 1.00 e. The summed E-state index contributed by atoms with van der Waals surface area (Å²) < 4.78 is 79.8. The number of aliphatic hydroxyl groups excluding tert-OH is 1. The molecule has 23 nitrogen and oxygen atoms in total. The number of hydrogen-bond donors (Lipinski definition) is 3. The Morgan fingerprint density at radius 1 is 0.692 bits per heavy atom. The van der Waals surface area contributed by atoms with Crippen LogP contribution in [-0.2, 0) is 32.9 Å². The van der Waals surface area contributed by atoms with Crippen molar-refractivity contribution in [2.24, 2.45) is 0 Å². The van der Waals surface area contributed by atoms with Crippen molar-refractivity contribution in [1.29, 1.82) is 6.77 Å². The summed E-state index contributed by atoms with van der Waals surface area (Å²) in [4.78, 5) is 96.8. The topological polar surface area (TPSA) is 302 Å². The molecule has 0 aliphatic carbocycles. The molecule has 5 amide bonds. The van der Waals surface area contributed by atoms with E-state index in [1.165, 1.54) is 59.7 Å². The summed E-state index contributed by atoms with van der Waals surface area (Å²) in [6.45, 7) is 29.3. The first kappa shape index (κ1) is 68.3. The van der Waals surface area contributed by atoms with Crippen LogP contribution in [0.15, 0.2) is 37.2 Å². The molecule has 0 aromatic carbocycles. The van der Waals surface area contributed by atoms with Crippen LogP contribution in [0.3, 0.4) is 0 Å². The molecule has 0 saturated heterocycles. The predicted octanol–water partition coefficient (Wildman–Crippen LogP) is 3.99. The molecule has 423 valence electrons. The molecule has 34 heteroatoms. The maximum atomic E-state index is 12.4. The van der Waals surface area contributed by atoms with Crippen molar-refractivity contribution >= 4 is 141 Å². The maximum absolute atomic E-state index is 12.4. The largest absolute Gasteiger partial charge is 1.00 e. The molecule has 78 heavy (non-hydrogen) atoms. The summed E-state index contributed by atoms with van der Waals surface area (Å²) in [6, 6.07) is 0. The quantitative estimate of drug-likeness (QED) is 0.0990. The molecule has 3 aromatic heterocycles. The number of anilines is 3. The van der Waals surface area contributed by atoms with E-state index in [0.717, 1.165) is 12.4 Å². The molecule has 3 N–H and O–H groups in total. The van der Waals surface area contributed by atoms with Crippen LogP contribution in [0.2, 0.25) is 0 Å². The summed E-state index contributed by atoms with van der Waals surface area (Å²) in [7, 11) is 21.4. The van der Waals surface area contributed by atoms with Gasteiger partial charge >= 0.3 is 60.0 Å². The number of hydrogen-bond acceptors (Lipinski definition) is 20. The van der Waals surface area contributed by atoms with Gasteiger partial charge in [-0.2, -0.15) is 0 Å². The van der Waals surface area contributed by atoms with Crippen molar-refractivity contribution in [3.8, 4) is 0 Å². The summed E-state index contributed by atoms with van der Waals surface area (Å²) >= 11 is 5.78. The van der Waals surface area contributed by atoms with Gasteiger partial charge in [0.05, 0.1) is 19.7 Å². The van der Waals surface area contributed by atoms with E-state index in [1.807, 2.05) is 0 Å². The van der Waals surface area contributed by atoms with E-state index in [2.05, 4.69) is 61.7 Å². The minimum absolute atomic E-state index is 0. The first-order valence-corrected chi connectivity index (χ1v) is 25.3. The number of ketones is 1. The molecule has 0 saturated carbocycles. The van der Waals surface area contributed by atoms with E-state index in [1.54, 1.807) is 104 Å². The van der Waals surface area contributed by atoms with Crippen molar-refractivity contribution in [1.82, 2.24) is 29.9 Å². The Balaban J connectivity index is -0.000000331. The number of carbonyl (C=O) groups excluding carboxylic acids is 6. The summed E-state index contributed by atoms with van der Waals surface area (Å²) in [5.74, 6) is -0.642.